The van der Waals surface area contributed by atoms with Crippen LogP contribution >= 0.6 is 12.4 Å². The molecule has 0 saturated carbocycles. The number of carbonyl (C=O) groups is 1. The second-order valence-electron chi connectivity index (χ2n) is 6.32. The number of benzene rings is 1. The smallest absolute Gasteiger partial charge is 0.250 e. The van der Waals surface area contributed by atoms with Crippen LogP contribution in [0.25, 0.3) is 0 Å². The molecule has 0 bridgehead atoms. The molecule has 1 amide bonds. The zero-order chi connectivity index (χ0) is 16.7. The van der Waals surface area contributed by atoms with E-state index in [2.05, 4.69) is 22.8 Å². The van der Waals surface area contributed by atoms with E-state index < -0.39 is 0 Å². The molecular weight excluding hydrogens is 328 g/mol. The zero-order valence-electron chi connectivity index (χ0n) is 14.7. The zero-order valence-corrected chi connectivity index (χ0v) is 15.5. The van der Waals surface area contributed by atoms with Gasteiger partial charge >= 0.3 is 0 Å². The van der Waals surface area contributed by atoms with Gasteiger partial charge in [0, 0.05) is 19.1 Å². The first-order valence-electron chi connectivity index (χ1n) is 8.43. The topological polar surface area (TPSA) is 59.6 Å². The van der Waals surface area contributed by atoms with Crippen LogP contribution in [0, 0.1) is 0 Å². The molecule has 5 nitrogen and oxygen atoms in total. The maximum Gasteiger partial charge on any atom is 0.250 e. The molecule has 1 aliphatic rings. The maximum absolute atomic E-state index is 12.1. The Morgan fingerprint density at radius 3 is 2.62 bits per heavy atom. The monoisotopic (exact) mass is 356 g/mol. The number of ether oxygens (including phenoxy) is 2. The lowest BCUT2D eigenvalue weighted by Gasteiger charge is -2.24. The Kier molecular flexibility index (Phi) is 9.11. The molecule has 1 heterocycles. The summed E-state index contributed by atoms with van der Waals surface area (Å²) in [5.41, 5.74) is 1.25. The third-order valence-electron chi connectivity index (χ3n) is 3.77. The van der Waals surface area contributed by atoms with E-state index >= 15 is 0 Å². The molecule has 0 aliphatic carbocycles. The molecule has 2 rings (SSSR count). The van der Waals surface area contributed by atoms with Crippen LogP contribution in [0.4, 0.5) is 0 Å². The normalized spacial score (nSPS) is 18.6. The number of morpholine rings is 1. The number of amides is 1. The molecule has 0 radical (unpaired) electrons. The van der Waals surface area contributed by atoms with Crippen molar-refractivity contribution >= 4 is 18.3 Å². The Hall–Kier alpha value is -1.30. The molecule has 1 fully saturated rings. The molecule has 2 atom stereocenters. The Labute approximate surface area is 150 Å². The van der Waals surface area contributed by atoms with E-state index in [-0.39, 0.29) is 36.6 Å². The highest BCUT2D eigenvalue weighted by molar-refractivity contribution is 5.85. The van der Waals surface area contributed by atoms with Gasteiger partial charge in [0.05, 0.1) is 12.7 Å². The van der Waals surface area contributed by atoms with Gasteiger partial charge in [-0.2, -0.15) is 0 Å². The van der Waals surface area contributed by atoms with E-state index in [0.717, 1.165) is 25.1 Å². The summed E-state index contributed by atoms with van der Waals surface area (Å²) < 4.78 is 11.1. The molecular formula is C18H29ClN2O3. The van der Waals surface area contributed by atoms with Crippen molar-refractivity contribution in [3.63, 3.8) is 0 Å². The van der Waals surface area contributed by atoms with Crippen molar-refractivity contribution in [1.82, 2.24) is 10.6 Å². The lowest BCUT2D eigenvalue weighted by molar-refractivity contribution is -0.134. The van der Waals surface area contributed by atoms with Crippen molar-refractivity contribution < 1.29 is 14.3 Å². The number of aryl methyl sites for hydroxylation is 1. The Morgan fingerprint density at radius 2 is 2.04 bits per heavy atom. The molecule has 136 valence electrons. The molecule has 0 aromatic heterocycles. The van der Waals surface area contributed by atoms with E-state index in [4.69, 9.17) is 9.47 Å². The maximum atomic E-state index is 12.1. The van der Waals surface area contributed by atoms with Gasteiger partial charge in [0.2, 0.25) is 0 Å². The largest absolute Gasteiger partial charge is 0.491 e. The van der Waals surface area contributed by atoms with E-state index in [1.807, 2.05) is 32.9 Å². The first-order chi connectivity index (χ1) is 11.0. The second kappa shape index (κ2) is 10.5. The van der Waals surface area contributed by atoms with Crippen LogP contribution < -0.4 is 15.4 Å². The van der Waals surface area contributed by atoms with Gasteiger partial charge in [-0.05, 0) is 51.3 Å². The number of hydrogen-bond donors (Lipinski definition) is 2. The minimum atomic E-state index is -0.362. The van der Waals surface area contributed by atoms with Crippen LogP contribution in [0.2, 0.25) is 0 Å². The fraction of sp³-hybridized carbons (Fsp3) is 0.611. The first kappa shape index (κ1) is 20.7. The first-order valence-corrected chi connectivity index (χ1v) is 8.43. The highest BCUT2D eigenvalue weighted by atomic mass is 35.5. The van der Waals surface area contributed by atoms with E-state index in [9.17, 15) is 4.79 Å². The van der Waals surface area contributed by atoms with E-state index in [1.165, 1.54) is 5.56 Å². The van der Waals surface area contributed by atoms with Gasteiger partial charge in [0.15, 0.2) is 0 Å². The number of carbonyl (C=O) groups excluding carboxylic acids is 1. The summed E-state index contributed by atoms with van der Waals surface area (Å²) in [5.74, 6) is 0.873. The molecule has 1 saturated heterocycles. The molecule has 2 unspecified atom stereocenters. The minimum absolute atomic E-state index is 0. The van der Waals surface area contributed by atoms with Crippen molar-refractivity contribution in [3.8, 4) is 5.75 Å². The van der Waals surface area contributed by atoms with Crippen LogP contribution in [0.5, 0.6) is 5.75 Å². The Balaban J connectivity index is 0.00000288. The standard InChI is InChI=1S/C18H28N2O3.ClH/c1-13(2)23-16-8-6-15(7-9-16)5-4-14(3)20-18(21)17-12-19-10-11-22-17;/h6-9,13-14,17,19H,4-5,10-12H2,1-3H3,(H,20,21);1H. The summed E-state index contributed by atoms with van der Waals surface area (Å²) in [6, 6.07) is 8.29. The molecule has 2 N–H and O–H groups in total. The van der Waals surface area contributed by atoms with Gasteiger partial charge in [-0.25, -0.2) is 0 Å². The average Bonchev–Trinajstić information content (AvgIpc) is 2.54. The Bertz CT molecular complexity index is 488. The number of halogens is 1. The van der Waals surface area contributed by atoms with Gasteiger partial charge in [-0.3, -0.25) is 4.79 Å². The van der Waals surface area contributed by atoms with Crippen molar-refractivity contribution in [2.75, 3.05) is 19.7 Å². The lowest BCUT2D eigenvalue weighted by atomic mass is 10.1. The molecule has 24 heavy (non-hydrogen) atoms. The summed E-state index contributed by atoms with van der Waals surface area (Å²) in [6.07, 6.45) is 1.65. The lowest BCUT2D eigenvalue weighted by Crippen LogP contribution is -2.49. The van der Waals surface area contributed by atoms with E-state index in [1.54, 1.807) is 0 Å². The fourth-order valence-electron chi connectivity index (χ4n) is 2.53. The quantitative estimate of drug-likeness (QED) is 0.787. The van der Waals surface area contributed by atoms with E-state index in [0.29, 0.717) is 13.2 Å². The van der Waals surface area contributed by atoms with Crippen molar-refractivity contribution in [1.29, 1.82) is 0 Å². The number of rotatable bonds is 7. The molecule has 0 spiro atoms. The SMILES string of the molecule is CC(CCc1ccc(OC(C)C)cc1)NC(=O)C1CNCCO1.Cl. The minimum Gasteiger partial charge on any atom is -0.491 e. The van der Waals surface area contributed by atoms with Crippen molar-refractivity contribution in [2.45, 2.75) is 51.9 Å². The highest BCUT2D eigenvalue weighted by Gasteiger charge is 2.22. The summed E-state index contributed by atoms with van der Waals surface area (Å²) in [7, 11) is 0. The van der Waals surface area contributed by atoms with Crippen LogP contribution in [0.1, 0.15) is 32.8 Å². The predicted octanol–water partition coefficient (Wildman–Crippen LogP) is 2.32. The Morgan fingerprint density at radius 1 is 1.33 bits per heavy atom. The van der Waals surface area contributed by atoms with Gasteiger partial charge in [0.25, 0.3) is 5.91 Å². The second-order valence-corrected chi connectivity index (χ2v) is 6.32. The third kappa shape index (κ3) is 7.07. The number of nitrogens with one attached hydrogen (secondary N) is 2. The van der Waals surface area contributed by atoms with Gasteiger partial charge in [-0.1, -0.05) is 12.1 Å². The van der Waals surface area contributed by atoms with Crippen LogP contribution in [0.3, 0.4) is 0 Å². The van der Waals surface area contributed by atoms with Crippen molar-refractivity contribution in [2.24, 2.45) is 0 Å². The summed E-state index contributed by atoms with van der Waals surface area (Å²) in [4.78, 5) is 12.1. The predicted molar refractivity (Wildman–Crippen MR) is 98.0 cm³/mol. The van der Waals surface area contributed by atoms with Crippen LogP contribution in [-0.2, 0) is 16.0 Å². The van der Waals surface area contributed by atoms with Crippen LogP contribution in [-0.4, -0.2) is 43.9 Å². The molecule has 1 aromatic rings. The third-order valence-corrected chi connectivity index (χ3v) is 3.77. The fourth-order valence-corrected chi connectivity index (χ4v) is 2.53. The average molecular weight is 357 g/mol. The van der Waals surface area contributed by atoms with Crippen molar-refractivity contribution in [3.05, 3.63) is 29.8 Å². The van der Waals surface area contributed by atoms with Gasteiger partial charge in [-0.15, -0.1) is 12.4 Å². The molecule has 1 aromatic carbocycles. The van der Waals surface area contributed by atoms with Gasteiger partial charge < -0.3 is 20.1 Å². The molecule has 6 heteroatoms. The summed E-state index contributed by atoms with van der Waals surface area (Å²) in [6.45, 7) is 8.07. The molecule has 1 aliphatic heterocycles. The summed E-state index contributed by atoms with van der Waals surface area (Å²) in [5, 5.41) is 6.20. The number of hydrogen-bond acceptors (Lipinski definition) is 4. The highest BCUT2D eigenvalue weighted by Crippen LogP contribution is 2.15. The van der Waals surface area contributed by atoms with Gasteiger partial charge in [0.1, 0.15) is 11.9 Å². The summed E-state index contributed by atoms with van der Waals surface area (Å²) >= 11 is 0. The van der Waals surface area contributed by atoms with Crippen LogP contribution in [0.15, 0.2) is 24.3 Å².